The van der Waals surface area contributed by atoms with Crippen molar-refractivity contribution in [2.45, 2.75) is 6.92 Å². The van der Waals surface area contributed by atoms with Crippen molar-refractivity contribution in [1.82, 2.24) is 4.98 Å². The highest BCUT2D eigenvalue weighted by molar-refractivity contribution is 6.04. The van der Waals surface area contributed by atoms with E-state index < -0.39 is 0 Å². The standard InChI is InChI=1S/C21H17N/c1-15-14-22-21-19(17-10-6-3-7-11-17)13-12-18(20(15)21)16-8-4-2-5-9-16/h2-14,22H,1H3. The number of benzene rings is 3. The highest BCUT2D eigenvalue weighted by Gasteiger charge is 2.12. The number of rotatable bonds is 2. The van der Waals surface area contributed by atoms with Crippen LogP contribution in [0.2, 0.25) is 0 Å². The molecule has 1 heterocycles. The fourth-order valence-electron chi connectivity index (χ4n) is 3.13. The molecule has 1 nitrogen and oxygen atoms in total. The molecule has 0 atom stereocenters. The maximum atomic E-state index is 3.47. The molecule has 0 aliphatic rings. The minimum absolute atomic E-state index is 1.21. The van der Waals surface area contributed by atoms with Crippen LogP contribution in [0.15, 0.2) is 79.0 Å². The first kappa shape index (κ1) is 12.9. The molecule has 4 aromatic rings. The van der Waals surface area contributed by atoms with Crippen LogP contribution < -0.4 is 0 Å². The lowest BCUT2D eigenvalue weighted by molar-refractivity contribution is 1.42. The second-order valence-corrected chi connectivity index (χ2v) is 5.61. The molecule has 0 aliphatic carbocycles. The van der Waals surface area contributed by atoms with Crippen LogP contribution in [0.5, 0.6) is 0 Å². The van der Waals surface area contributed by atoms with Crippen LogP contribution in [0.3, 0.4) is 0 Å². The highest BCUT2D eigenvalue weighted by atomic mass is 14.7. The monoisotopic (exact) mass is 283 g/mol. The van der Waals surface area contributed by atoms with E-state index in [1.165, 1.54) is 38.7 Å². The van der Waals surface area contributed by atoms with Gasteiger partial charge < -0.3 is 4.98 Å². The van der Waals surface area contributed by atoms with Crippen molar-refractivity contribution in [3.05, 3.63) is 84.6 Å². The van der Waals surface area contributed by atoms with Crippen molar-refractivity contribution in [3.63, 3.8) is 0 Å². The van der Waals surface area contributed by atoms with E-state index in [2.05, 4.69) is 90.9 Å². The van der Waals surface area contributed by atoms with Crippen molar-refractivity contribution < 1.29 is 0 Å². The Hall–Kier alpha value is -2.80. The SMILES string of the molecule is Cc1c[nH]c2c(-c3ccccc3)ccc(-c3ccccc3)c12. The third-order valence-corrected chi connectivity index (χ3v) is 4.20. The molecule has 3 aromatic carbocycles. The first-order valence-corrected chi connectivity index (χ1v) is 7.56. The van der Waals surface area contributed by atoms with Crippen LogP contribution in [-0.4, -0.2) is 4.98 Å². The topological polar surface area (TPSA) is 15.8 Å². The Bertz CT molecular complexity index is 918. The van der Waals surface area contributed by atoms with Gasteiger partial charge >= 0.3 is 0 Å². The summed E-state index contributed by atoms with van der Waals surface area (Å²) in [5, 5.41) is 1.31. The maximum Gasteiger partial charge on any atom is 0.0542 e. The smallest absolute Gasteiger partial charge is 0.0542 e. The first-order chi connectivity index (χ1) is 10.8. The van der Waals surface area contributed by atoms with Gasteiger partial charge in [0.25, 0.3) is 0 Å². The molecule has 106 valence electrons. The second-order valence-electron chi connectivity index (χ2n) is 5.61. The van der Waals surface area contributed by atoms with Crippen molar-refractivity contribution in [2.24, 2.45) is 0 Å². The zero-order valence-electron chi connectivity index (χ0n) is 12.5. The van der Waals surface area contributed by atoms with E-state index in [0.29, 0.717) is 0 Å². The van der Waals surface area contributed by atoms with Crippen LogP contribution in [0.4, 0.5) is 0 Å². The van der Waals surface area contributed by atoms with E-state index in [4.69, 9.17) is 0 Å². The van der Waals surface area contributed by atoms with Gasteiger partial charge in [-0.1, -0.05) is 72.8 Å². The Kier molecular flexibility index (Phi) is 3.05. The number of hydrogen-bond donors (Lipinski definition) is 1. The van der Waals surface area contributed by atoms with Gasteiger partial charge in [-0.3, -0.25) is 0 Å². The summed E-state index contributed by atoms with van der Waals surface area (Å²) >= 11 is 0. The van der Waals surface area contributed by atoms with Crippen molar-refractivity contribution in [2.75, 3.05) is 0 Å². The number of aryl methyl sites for hydroxylation is 1. The Labute approximate surface area is 130 Å². The Balaban J connectivity index is 2.02. The molecule has 1 aromatic heterocycles. The number of hydrogen-bond acceptors (Lipinski definition) is 0. The van der Waals surface area contributed by atoms with Crippen LogP contribution in [0.1, 0.15) is 5.56 Å². The van der Waals surface area contributed by atoms with Gasteiger partial charge in [0.15, 0.2) is 0 Å². The van der Waals surface area contributed by atoms with Gasteiger partial charge in [0.2, 0.25) is 0 Å². The Morgan fingerprint density at radius 1 is 0.636 bits per heavy atom. The molecule has 1 heteroatoms. The highest BCUT2D eigenvalue weighted by Crippen LogP contribution is 2.36. The Morgan fingerprint density at radius 2 is 1.18 bits per heavy atom. The van der Waals surface area contributed by atoms with Gasteiger partial charge in [-0.15, -0.1) is 0 Å². The molecule has 0 saturated carbocycles. The minimum atomic E-state index is 1.21. The molecule has 4 rings (SSSR count). The number of H-pyrrole nitrogens is 1. The van der Waals surface area contributed by atoms with Crippen LogP contribution in [0.25, 0.3) is 33.2 Å². The zero-order chi connectivity index (χ0) is 14.9. The number of fused-ring (bicyclic) bond motifs is 1. The van der Waals surface area contributed by atoms with Gasteiger partial charge in [0, 0.05) is 17.1 Å². The second kappa shape index (κ2) is 5.19. The molecular formula is C21H17N. The van der Waals surface area contributed by atoms with E-state index in [1.54, 1.807) is 0 Å². The quantitative estimate of drug-likeness (QED) is 0.478. The molecule has 0 fully saturated rings. The molecule has 0 saturated heterocycles. The van der Waals surface area contributed by atoms with Crippen molar-refractivity contribution >= 4 is 10.9 Å². The zero-order valence-corrected chi connectivity index (χ0v) is 12.5. The predicted octanol–water partition coefficient (Wildman–Crippen LogP) is 5.81. The largest absolute Gasteiger partial charge is 0.360 e. The summed E-state index contributed by atoms with van der Waals surface area (Å²) in [6.07, 6.45) is 2.10. The number of aromatic amines is 1. The average molecular weight is 283 g/mol. The summed E-state index contributed by atoms with van der Waals surface area (Å²) in [5.74, 6) is 0. The molecule has 0 radical (unpaired) electrons. The normalized spacial score (nSPS) is 11.0. The fraction of sp³-hybridized carbons (Fsp3) is 0.0476. The molecule has 0 unspecified atom stereocenters. The summed E-state index contributed by atoms with van der Waals surface area (Å²) in [6.45, 7) is 2.17. The molecule has 1 N–H and O–H groups in total. The first-order valence-electron chi connectivity index (χ1n) is 7.56. The lowest BCUT2D eigenvalue weighted by Gasteiger charge is -2.09. The van der Waals surface area contributed by atoms with Crippen LogP contribution >= 0.6 is 0 Å². The summed E-state index contributed by atoms with van der Waals surface area (Å²) in [5.41, 5.74) is 7.54. The molecule has 0 aliphatic heterocycles. The van der Waals surface area contributed by atoms with Gasteiger partial charge in [-0.05, 0) is 29.2 Å². The maximum absolute atomic E-state index is 3.47. The van der Waals surface area contributed by atoms with Crippen LogP contribution in [-0.2, 0) is 0 Å². The van der Waals surface area contributed by atoms with Crippen molar-refractivity contribution in [1.29, 1.82) is 0 Å². The van der Waals surface area contributed by atoms with Crippen molar-refractivity contribution in [3.8, 4) is 22.3 Å². The lowest BCUT2D eigenvalue weighted by Crippen LogP contribution is -1.85. The number of nitrogens with one attached hydrogen (secondary N) is 1. The van der Waals surface area contributed by atoms with Gasteiger partial charge in [0.1, 0.15) is 0 Å². The van der Waals surface area contributed by atoms with Gasteiger partial charge in [-0.25, -0.2) is 0 Å². The summed E-state index contributed by atoms with van der Waals surface area (Å²) < 4.78 is 0. The van der Waals surface area contributed by atoms with E-state index in [1.807, 2.05) is 0 Å². The van der Waals surface area contributed by atoms with E-state index in [0.717, 1.165) is 0 Å². The third-order valence-electron chi connectivity index (χ3n) is 4.20. The molecule has 0 spiro atoms. The van der Waals surface area contributed by atoms with E-state index >= 15 is 0 Å². The summed E-state index contributed by atoms with van der Waals surface area (Å²) in [7, 11) is 0. The summed E-state index contributed by atoms with van der Waals surface area (Å²) in [6, 6.07) is 25.6. The predicted molar refractivity (Wildman–Crippen MR) is 93.9 cm³/mol. The minimum Gasteiger partial charge on any atom is -0.360 e. The molecular weight excluding hydrogens is 266 g/mol. The molecule has 22 heavy (non-hydrogen) atoms. The lowest BCUT2D eigenvalue weighted by atomic mass is 9.94. The van der Waals surface area contributed by atoms with Crippen LogP contribution in [0, 0.1) is 6.92 Å². The fourth-order valence-corrected chi connectivity index (χ4v) is 3.13. The molecule has 0 bridgehead atoms. The number of aromatic nitrogens is 1. The van der Waals surface area contributed by atoms with E-state index in [9.17, 15) is 0 Å². The average Bonchev–Trinajstić information content (AvgIpc) is 2.98. The third kappa shape index (κ3) is 2.03. The van der Waals surface area contributed by atoms with Gasteiger partial charge in [0.05, 0.1) is 5.52 Å². The molecule has 0 amide bonds. The summed E-state index contributed by atoms with van der Waals surface area (Å²) in [4.78, 5) is 3.47. The van der Waals surface area contributed by atoms with E-state index in [-0.39, 0.29) is 0 Å². The Morgan fingerprint density at radius 3 is 1.82 bits per heavy atom. The van der Waals surface area contributed by atoms with Gasteiger partial charge in [-0.2, -0.15) is 0 Å².